The molecule has 2 rings (SSSR count). The minimum atomic E-state index is -0.285. The molecule has 6 heteroatoms. The summed E-state index contributed by atoms with van der Waals surface area (Å²) in [5.74, 6) is 0. The maximum Gasteiger partial charge on any atom is 0.319 e. The van der Waals surface area contributed by atoms with E-state index in [0.717, 1.165) is 6.42 Å². The number of ether oxygens (including phenoxy) is 1. The lowest BCUT2D eigenvalue weighted by molar-refractivity contribution is 0.189. The summed E-state index contributed by atoms with van der Waals surface area (Å²) in [5, 5.41) is 5.89. The lowest BCUT2D eigenvalue weighted by atomic mass is 10.2. The van der Waals surface area contributed by atoms with E-state index in [1.807, 2.05) is 0 Å². The van der Waals surface area contributed by atoms with Gasteiger partial charge in [0.2, 0.25) is 0 Å². The van der Waals surface area contributed by atoms with Crippen molar-refractivity contribution in [2.45, 2.75) is 12.5 Å². The van der Waals surface area contributed by atoms with Gasteiger partial charge in [-0.15, -0.1) is 0 Å². The summed E-state index contributed by atoms with van der Waals surface area (Å²) in [6.45, 7) is 1.25. The van der Waals surface area contributed by atoms with Crippen LogP contribution in [0, 0.1) is 0 Å². The van der Waals surface area contributed by atoms with E-state index in [1.54, 1.807) is 18.2 Å². The van der Waals surface area contributed by atoms with Crippen molar-refractivity contribution < 1.29 is 9.53 Å². The first-order chi connectivity index (χ1) is 8.15. The molecular formula is C11H14ClN3O2. The van der Waals surface area contributed by atoms with Crippen LogP contribution in [0.3, 0.4) is 0 Å². The number of carbonyl (C=O) groups excluding carboxylic acids is 1. The maximum atomic E-state index is 11.6. The molecule has 0 spiro atoms. The zero-order chi connectivity index (χ0) is 12.3. The molecule has 0 aliphatic carbocycles. The van der Waals surface area contributed by atoms with E-state index in [2.05, 4.69) is 10.6 Å². The predicted molar refractivity (Wildman–Crippen MR) is 67.2 cm³/mol. The molecule has 92 valence electrons. The molecule has 1 aliphatic heterocycles. The molecule has 0 saturated carbocycles. The fourth-order valence-corrected chi connectivity index (χ4v) is 1.86. The standard InChI is InChI=1S/C11H14ClN3O2/c12-9-5-7(13)1-2-10(9)15-11(16)14-8-3-4-17-6-8/h1-2,5,8H,3-4,6,13H2,(H2,14,15,16). The molecule has 1 saturated heterocycles. The van der Waals surface area contributed by atoms with Crippen molar-refractivity contribution in [3.63, 3.8) is 0 Å². The van der Waals surface area contributed by atoms with Gasteiger partial charge in [0.25, 0.3) is 0 Å². The predicted octanol–water partition coefficient (Wildman–Crippen LogP) is 1.83. The van der Waals surface area contributed by atoms with Crippen LogP contribution in [0.5, 0.6) is 0 Å². The first kappa shape index (κ1) is 12.0. The number of halogens is 1. The quantitative estimate of drug-likeness (QED) is 0.706. The molecule has 1 fully saturated rings. The van der Waals surface area contributed by atoms with Crippen molar-refractivity contribution in [3.8, 4) is 0 Å². The summed E-state index contributed by atoms with van der Waals surface area (Å²) >= 11 is 5.94. The summed E-state index contributed by atoms with van der Waals surface area (Å²) in [5.41, 5.74) is 6.66. The van der Waals surface area contributed by atoms with Crippen LogP contribution in [0.2, 0.25) is 5.02 Å². The van der Waals surface area contributed by atoms with Crippen molar-refractivity contribution in [3.05, 3.63) is 23.2 Å². The van der Waals surface area contributed by atoms with Gasteiger partial charge in [-0.25, -0.2) is 4.79 Å². The molecule has 0 aromatic heterocycles. The minimum Gasteiger partial charge on any atom is -0.399 e. The van der Waals surface area contributed by atoms with Crippen LogP contribution >= 0.6 is 11.6 Å². The molecule has 1 aromatic rings. The van der Waals surface area contributed by atoms with E-state index in [1.165, 1.54) is 0 Å². The van der Waals surface area contributed by atoms with Crippen LogP contribution in [0.1, 0.15) is 6.42 Å². The normalized spacial score (nSPS) is 19.0. The molecule has 5 nitrogen and oxygen atoms in total. The maximum absolute atomic E-state index is 11.6. The summed E-state index contributed by atoms with van der Waals surface area (Å²) in [6, 6.07) is 4.73. The number of hydrogen-bond donors (Lipinski definition) is 3. The number of benzene rings is 1. The van der Waals surface area contributed by atoms with E-state index in [0.29, 0.717) is 29.6 Å². The third kappa shape index (κ3) is 3.25. The fourth-order valence-electron chi connectivity index (χ4n) is 1.62. The highest BCUT2D eigenvalue weighted by atomic mass is 35.5. The first-order valence-corrected chi connectivity index (χ1v) is 5.73. The number of carbonyl (C=O) groups is 1. The molecule has 1 aliphatic rings. The molecule has 0 bridgehead atoms. The SMILES string of the molecule is Nc1ccc(NC(=O)NC2CCOC2)c(Cl)c1. The van der Waals surface area contributed by atoms with Crippen LogP contribution in [-0.4, -0.2) is 25.3 Å². The molecule has 1 unspecified atom stereocenters. The number of rotatable bonds is 2. The van der Waals surface area contributed by atoms with Gasteiger partial charge >= 0.3 is 6.03 Å². The Morgan fingerprint density at radius 2 is 2.35 bits per heavy atom. The Balaban J connectivity index is 1.93. The zero-order valence-corrected chi connectivity index (χ0v) is 9.96. The van der Waals surface area contributed by atoms with Crippen LogP contribution < -0.4 is 16.4 Å². The van der Waals surface area contributed by atoms with Gasteiger partial charge in [-0.3, -0.25) is 0 Å². The third-order valence-corrected chi connectivity index (χ3v) is 2.82. The van der Waals surface area contributed by atoms with Crippen LogP contribution in [0.25, 0.3) is 0 Å². The minimum absolute atomic E-state index is 0.0718. The number of urea groups is 1. The smallest absolute Gasteiger partial charge is 0.319 e. The van der Waals surface area contributed by atoms with E-state index >= 15 is 0 Å². The average Bonchev–Trinajstić information content (AvgIpc) is 2.75. The Morgan fingerprint density at radius 1 is 1.53 bits per heavy atom. The van der Waals surface area contributed by atoms with Crippen molar-refractivity contribution >= 4 is 29.0 Å². The summed E-state index contributed by atoms with van der Waals surface area (Å²) in [4.78, 5) is 11.6. The average molecular weight is 256 g/mol. The monoisotopic (exact) mass is 255 g/mol. The first-order valence-electron chi connectivity index (χ1n) is 5.35. The third-order valence-electron chi connectivity index (χ3n) is 2.51. The number of nitrogens with one attached hydrogen (secondary N) is 2. The highest BCUT2D eigenvalue weighted by Crippen LogP contribution is 2.23. The second-order valence-corrected chi connectivity index (χ2v) is 4.31. The fraction of sp³-hybridized carbons (Fsp3) is 0.364. The van der Waals surface area contributed by atoms with E-state index in [-0.39, 0.29) is 12.1 Å². The number of nitrogen functional groups attached to an aromatic ring is 1. The topological polar surface area (TPSA) is 76.4 Å². The van der Waals surface area contributed by atoms with Gasteiger partial charge in [-0.1, -0.05) is 11.6 Å². The highest BCUT2D eigenvalue weighted by Gasteiger charge is 2.17. The Bertz CT molecular complexity index is 419. The highest BCUT2D eigenvalue weighted by molar-refractivity contribution is 6.34. The van der Waals surface area contributed by atoms with E-state index in [9.17, 15) is 4.79 Å². The number of amides is 2. The molecule has 0 radical (unpaired) electrons. The van der Waals surface area contributed by atoms with Crippen LogP contribution in [0.15, 0.2) is 18.2 Å². The summed E-state index contributed by atoms with van der Waals surface area (Å²) in [7, 11) is 0. The Kier molecular flexibility index (Phi) is 3.71. The second-order valence-electron chi connectivity index (χ2n) is 3.90. The van der Waals surface area contributed by atoms with Gasteiger partial charge in [0, 0.05) is 12.3 Å². The molecule has 1 aromatic carbocycles. The molecule has 1 heterocycles. The van der Waals surface area contributed by atoms with Gasteiger partial charge in [0.1, 0.15) is 0 Å². The molecule has 17 heavy (non-hydrogen) atoms. The number of anilines is 2. The zero-order valence-electron chi connectivity index (χ0n) is 9.20. The number of nitrogens with two attached hydrogens (primary N) is 1. The van der Waals surface area contributed by atoms with Gasteiger partial charge in [0.05, 0.1) is 23.4 Å². The van der Waals surface area contributed by atoms with Crippen molar-refractivity contribution in [2.24, 2.45) is 0 Å². The van der Waals surface area contributed by atoms with Crippen molar-refractivity contribution in [2.75, 3.05) is 24.3 Å². The molecular weight excluding hydrogens is 242 g/mol. The molecule has 4 N–H and O–H groups in total. The Morgan fingerprint density at radius 3 is 3.00 bits per heavy atom. The van der Waals surface area contributed by atoms with Gasteiger partial charge in [-0.2, -0.15) is 0 Å². The van der Waals surface area contributed by atoms with E-state index < -0.39 is 0 Å². The molecule has 1 atom stereocenters. The van der Waals surface area contributed by atoms with Crippen molar-refractivity contribution in [1.29, 1.82) is 0 Å². The van der Waals surface area contributed by atoms with Crippen molar-refractivity contribution in [1.82, 2.24) is 5.32 Å². The van der Waals surface area contributed by atoms with Crippen LogP contribution in [-0.2, 0) is 4.74 Å². The lowest BCUT2D eigenvalue weighted by Gasteiger charge is -2.12. The lowest BCUT2D eigenvalue weighted by Crippen LogP contribution is -2.38. The van der Waals surface area contributed by atoms with Gasteiger partial charge in [0.15, 0.2) is 0 Å². The number of hydrogen-bond acceptors (Lipinski definition) is 3. The van der Waals surface area contributed by atoms with Crippen LogP contribution in [0.4, 0.5) is 16.2 Å². The largest absolute Gasteiger partial charge is 0.399 e. The molecule has 2 amide bonds. The van der Waals surface area contributed by atoms with Gasteiger partial charge < -0.3 is 21.1 Å². The second kappa shape index (κ2) is 5.25. The van der Waals surface area contributed by atoms with Gasteiger partial charge in [-0.05, 0) is 24.6 Å². The summed E-state index contributed by atoms with van der Waals surface area (Å²) < 4.78 is 5.16. The Labute approximate surface area is 104 Å². The Hall–Kier alpha value is -1.46. The van der Waals surface area contributed by atoms with E-state index in [4.69, 9.17) is 22.1 Å². The summed E-state index contributed by atoms with van der Waals surface area (Å²) in [6.07, 6.45) is 0.836.